The van der Waals surface area contributed by atoms with Gasteiger partial charge in [-0.2, -0.15) is 0 Å². The van der Waals surface area contributed by atoms with Crippen LogP contribution < -0.4 is 0 Å². The van der Waals surface area contributed by atoms with Crippen LogP contribution in [0.2, 0.25) is 0 Å². The zero-order valence-corrected chi connectivity index (χ0v) is 11.1. The second-order valence-corrected chi connectivity index (χ2v) is 5.09. The van der Waals surface area contributed by atoms with Crippen LogP contribution in [0.5, 0.6) is 0 Å². The molecule has 0 N–H and O–H groups in total. The fourth-order valence-electron chi connectivity index (χ4n) is 2.70. The van der Waals surface area contributed by atoms with Crippen molar-refractivity contribution >= 4 is 5.57 Å². The predicted octanol–water partition coefficient (Wildman–Crippen LogP) is 4.61. The number of aryl methyl sites for hydroxylation is 2. The third-order valence-electron chi connectivity index (χ3n) is 3.78. The van der Waals surface area contributed by atoms with Crippen molar-refractivity contribution in [2.45, 2.75) is 20.8 Å². The molecule has 1 radical (unpaired) electrons. The minimum atomic E-state index is 1.33. The highest BCUT2D eigenvalue weighted by Gasteiger charge is 2.17. The molecule has 0 amide bonds. The zero-order chi connectivity index (χ0) is 12.7. The van der Waals surface area contributed by atoms with E-state index in [2.05, 4.69) is 69.7 Å². The fraction of sp³-hybridized carbons (Fsp3) is 0.167. The van der Waals surface area contributed by atoms with E-state index < -0.39 is 0 Å². The van der Waals surface area contributed by atoms with Crippen LogP contribution in [0.25, 0.3) is 5.57 Å². The topological polar surface area (TPSA) is 0 Å². The minimum Gasteiger partial charge on any atom is -0.0676 e. The summed E-state index contributed by atoms with van der Waals surface area (Å²) >= 11 is 0. The normalized spacial score (nSPS) is 13.4. The van der Waals surface area contributed by atoms with E-state index in [9.17, 15) is 0 Å². The zero-order valence-electron chi connectivity index (χ0n) is 11.1. The molecule has 3 rings (SSSR count). The molecule has 0 heterocycles. The van der Waals surface area contributed by atoms with Gasteiger partial charge < -0.3 is 0 Å². The molecule has 0 spiro atoms. The quantitative estimate of drug-likeness (QED) is 0.674. The lowest BCUT2D eigenvalue weighted by molar-refractivity contribution is 1.28. The molecule has 0 heteroatoms. The summed E-state index contributed by atoms with van der Waals surface area (Å²) in [4.78, 5) is 0. The first-order valence-electron chi connectivity index (χ1n) is 6.39. The van der Waals surface area contributed by atoms with Gasteiger partial charge in [-0.05, 0) is 54.2 Å². The van der Waals surface area contributed by atoms with Gasteiger partial charge in [0.1, 0.15) is 0 Å². The molecule has 0 unspecified atom stereocenters. The van der Waals surface area contributed by atoms with Crippen molar-refractivity contribution in [2.75, 3.05) is 0 Å². The Balaban J connectivity index is 2.19. The van der Waals surface area contributed by atoms with E-state index in [1.165, 1.54) is 39.0 Å². The Morgan fingerprint density at radius 2 is 1.61 bits per heavy atom. The average Bonchev–Trinajstić information content (AvgIpc) is 2.77. The lowest BCUT2D eigenvalue weighted by Crippen LogP contribution is -1.94. The van der Waals surface area contributed by atoms with Crippen molar-refractivity contribution in [3.8, 4) is 0 Å². The van der Waals surface area contributed by atoms with Crippen molar-refractivity contribution < 1.29 is 0 Å². The third kappa shape index (κ3) is 1.69. The Morgan fingerprint density at radius 3 is 2.44 bits per heavy atom. The van der Waals surface area contributed by atoms with Crippen LogP contribution in [-0.2, 0) is 0 Å². The Morgan fingerprint density at radius 1 is 0.833 bits per heavy atom. The van der Waals surface area contributed by atoms with Crippen LogP contribution in [-0.4, -0.2) is 0 Å². The van der Waals surface area contributed by atoms with Gasteiger partial charge in [-0.15, -0.1) is 0 Å². The molecule has 0 aliphatic heterocycles. The number of allylic oxidation sites excluding steroid dienone is 1. The number of fused-ring (bicyclic) bond motifs is 1. The van der Waals surface area contributed by atoms with Crippen LogP contribution in [0.3, 0.4) is 0 Å². The summed E-state index contributed by atoms with van der Waals surface area (Å²) in [6, 6.07) is 13.1. The van der Waals surface area contributed by atoms with E-state index in [0.717, 1.165) is 0 Å². The fourth-order valence-corrected chi connectivity index (χ4v) is 2.70. The van der Waals surface area contributed by atoms with E-state index in [1.807, 2.05) is 0 Å². The standard InChI is InChI=1S/C18H17/c1-12-10-13(2)14(3)18(11-12)17-9-8-15-6-4-5-7-16(15)17/h4-11H,1-3H3. The van der Waals surface area contributed by atoms with Gasteiger partial charge in [0.25, 0.3) is 0 Å². The molecule has 0 saturated heterocycles. The molecule has 0 bridgehead atoms. The Bertz CT molecular complexity index is 645. The highest BCUT2D eigenvalue weighted by molar-refractivity contribution is 5.88. The number of rotatable bonds is 1. The Kier molecular flexibility index (Phi) is 2.59. The molecular formula is C18H17. The lowest BCUT2D eigenvalue weighted by atomic mass is 9.92. The summed E-state index contributed by atoms with van der Waals surface area (Å²) in [7, 11) is 0. The average molecular weight is 233 g/mol. The van der Waals surface area contributed by atoms with Crippen molar-refractivity contribution in [3.05, 3.63) is 82.3 Å². The van der Waals surface area contributed by atoms with Crippen molar-refractivity contribution in [1.29, 1.82) is 0 Å². The van der Waals surface area contributed by atoms with Gasteiger partial charge in [0.15, 0.2) is 0 Å². The van der Waals surface area contributed by atoms with Crippen molar-refractivity contribution in [1.82, 2.24) is 0 Å². The van der Waals surface area contributed by atoms with Crippen LogP contribution in [0, 0.1) is 27.2 Å². The molecule has 0 atom stereocenters. The van der Waals surface area contributed by atoms with E-state index in [-0.39, 0.29) is 0 Å². The molecule has 2 aromatic rings. The van der Waals surface area contributed by atoms with E-state index >= 15 is 0 Å². The van der Waals surface area contributed by atoms with Gasteiger partial charge in [-0.3, -0.25) is 0 Å². The number of hydrogen-bond donors (Lipinski definition) is 0. The SMILES string of the molecule is Cc1cc(C)c(C)c(C2=C[CH]c3ccccc32)c1. The molecule has 0 saturated carbocycles. The van der Waals surface area contributed by atoms with Gasteiger partial charge >= 0.3 is 0 Å². The first-order valence-corrected chi connectivity index (χ1v) is 6.39. The summed E-state index contributed by atoms with van der Waals surface area (Å²) in [5, 5.41) is 0. The van der Waals surface area contributed by atoms with E-state index in [4.69, 9.17) is 0 Å². The van der Waals surface area contributed by atoms with Crippen molar-refractivity contribution in [3.63, 3.8) is 0 Å². The highest BCUT2D eigenvalue weighted by Crippen LogP contribution is 2.36. The molecule has 0 aromatic heterocycles. The molecule has 2 aromatic carbocycles. The van der Waals surface area contributed by atoms with Crippen molar-refractivity contribution in [2.24, 2.45) is 0 Å². The molecule has 18 heavy (non-hydrogen) atoms. The summed E-state index contributed by atoms with van der Waals surface area (Å²) in [5.74, 6) is 0. The second kappa shape index (κ2) is 4.13. The summed E-state index contributed by atoms with van der Waals surface area (Å²) in [5.41, 5.74) is 9.49. The van der Waals surface area contributed by atoms with Gasteiger partial charge in [0, 0.05) is 6.42 Å². The van der Waals surface area contributed by atoms with Crippen LogP contribution in [0.1, 0.15) is 33.4 Å². The number of benzene rings is 2. The Labute approximate surface area is 109 Å². The molecule has 89 valence electrons. The predicted molar refractivity (Wildman–Crippen MR) is 77.6 cm³/mol. The number of hydrogen-bond acceptors (Lipinski definition) is 0. The molecular weight excluding hydrogens is 216 g/mol. The summed E-state index contributed by atoms with van der Waals surface area (Å²) < 4.78 is 0. The van der Waals surface area contributed by atoms with Crippen LogP contribution in [0.15, 0.2) is 42.5 Å². The largest absolute Gasteiger partial charge is 0.0676 e. The summed E-state index contributed by atoms with van der Waals surface area (Å²) in [6.07, 6.45) is 4.45. The lowest BCUT2D eigenvalue weighted by Gasteiger charge is -2.13. The highest BCUT2D eigenvalue weighted by atomic mass is 14.2. The van der Waals surface area contributed by atoms with E-state index in [0.29, 0.717) is 0 Å². The van der Waals surface area contributed by atoms with Crippen LogP contribution in [0.4, 0.5) is 0 Å². The molecule has 1 aliphatic carbocycles. The van der Waals surface area contributed by atoms with Gasteiger partial charge in [0.2, 0.25) is 0 Å². The van der Waals surface area contributed by atoms with Gasteiger partial charge in [0.05, 0.1) is 0 Å². The second-order valence-electron chi connectivity index (χ2n) is 5.09. The first-order chi connectivity index (χ1) is 8.66. The third-order valence-corrected chi connectivity index (χ3v) is 3.78. The first kappa shape index (κ1) is 11.3. The monoisotopic (exact) mass is 233 g/mol. The molecule has 0 fully saturated rings. The van der Waals surface area contributed by atoms with E-state index in [1.54, 1.807) is 0 Å². The van der Waals surface area contributed by atoms with Crippen LogP contribution >= 0.6 is 0 Å². The smallest absolute Gasteiger partial charge is 0.0138 e. The minimum absolute atomic E-state index is 1.33. The molecule has 1 aliphatic rings. The maximum absolute atomic E-state index is 2.30. The van der Waals surface area contributed by atoms with Gasteiger partial charge in [-0.25, -0.2) is 0 Å². The molecule has 0 nitrogen and oxygen atoms in total. The van der Waals surface area contributed by atoms with Gasteiger partial charge in [-0.1, -0.05) is 48.0 Å². The maximum Gasteiger partial charge on any atom is 0.0138 e. The maximum atomic E-state index is 2.30. The Hall–Kier alpha value is -1.82. The summed E-state index contributed by atoms with van der Waals surface area (Å²) in [6.45, 7) is 6.57.